The van der Waals surface area contributed by atoms with Crippen molar-refractivity contribution < 1.29 is 19.1 Å². The number of hydrogen-bond acceptors (Lipinski definition) is 6. The number of nitriles is 1. The van der Waals surface area contributed by atoms with Crippen LogP contribution in [0.15, 0.2) is 59.1 Å². The Labute approximate surface area is 190 Å². The summed E-state index contributed by atoms with van der Waals surface area (Å²) in [6.07, 6.45) is 0.115. The van der Waals surface area contributed by atoms with E-state index in [0.717, 1.165) is 28.5 Å². The minimum atomic E-state index is -0.457. The van der Waals surface area contributed by atoms with Crippen LogP contribution < -0.4 is 10.6 Å². The average molecular weight is 450 g/mol. The molecule has 0 aliphatic carbocycles. The molecule has 0 fully saturated rings. The first-order chi connectivity index (χ1) is 15.4. The predicted octanol–water partition coefficient (Wildman–Crippen LogP) is 3.17. The molecule has 1 heterocycles. The van der Waals surface area contributed by atoms with Crippen LogP contribution in [-0.2, 0) is 20.9 Å². The van der Waals surface area contributed by atoms with Gasteiger partial charge in [-0.25, -0.2) is 4.79 Å². The smallest absolute Gasteiger partial charge is 0.337 e. The third kappa shape index (κ3) is 5.77. The van der Waals surface area contributed by atoms with Crippen molar-refractivity contribution >= 4 is 29.5 Å². The zero-order valence-electron chi connectivity index (χ0n) is 17.8. The monoisotopic (exact) mass is 449 g/mol. The fourth-order valence-electron chi connectivity index (χ4n) is 3.28. The maximum Gasteiger partial charge on any atom is 0.337 e. The number of methoxy groups -OCH3 is 1. The van der Waals surface area contributed by atoms with Gasteiger partial charge in [-0.1, -0.05) is 53.7 Å². The molecule has 2 amide bonds. The van der Waals surface area contributed by atoms with Crippen molar-refractivity contribution in [1.82, 2.24) is 10.6 Å². The summed E-state index contributed by atoms with van der Waals surface area (Å²) in [5.74, 6) is -1.26. The number of rotatable bonds is 7. The summed E-state index contributed by atoms with van der Waals surface area (Å²) in [5, 5.41) is 15.7. The lowest BCUT2D eigenvalue weighted by atomic mass is 9.87. The highest BCUT2D eigenvalue weighted by atomic mass is 32.2. The maximum atomic E-state index is 12.3. The van der Waals surface area contributed by atoms with Gasteiger partial charge in [0.1, 0.15) is 0 Å². The Kier molecular flexibility index (Phi) is 7.68. The summed E-state index contributed by atoms with van der Waals surface area (Å²) in [7, 11) is 1.30. The number of aryl methyl sites for hydroxylation is 1. The maximum absolute atomic E-state index is 12.3. The van der Waals surface area contributed by atoms with Gasteiger partial charge in [-0.3, -0.25) is 9.59 Å². The second-order valence-corrected chi connectivity index (χ2v) is 8.31. The van der Waals surface area contributed by atoms with Crippen LogP contribution in [0.2, 0.25) is 0 Å². The Hall–Kier alpha value is -3.57. The van der Waals surface area contributed by atoms with Gasteiger partial charge in [0.15, 0.2) is 0 Å². The molecular formula is C24H23N3O4S. The van der Waals surface area contributed by atoms with Crippen molar-refractivity contribution in [2.75, 3.05) is 12.9 Å². The zero-order chi connectivity index (χ0) is 23.1. The van der Waals surface area contributed by atoms with Crippen LogP contribution in [0.4, 0.5) is 0 Å². The van der Waals surface area contributed by atoms with Crippen LogP contribution in [0.3, 0.4) is 0 Å². The van der Waals surface area contributed by atoms with Crippen molar-refractivity contribution in [2.24, 2.45) is 0 Å². The molecule has 0 saturated heterocycles. The molecule has 2 N–H and O–H groups in total. The van der Waals surface area contributed by atoms with E-state index in [4.69, 9.17) is 4.74 Å². The van der Waals surface area contributed by atoms with Crippen molar-refractivity contribution in [3.8, 4) is 6.07 Å². The number of esters is 1. The van der Waals surface area contributed by atoms with E-state index in [1.807, 2.05) is 31.2 Å². The van der Waals surface area contributed by atoms with Crippen LogP contribution in [-0.4, -0.2) is 30.6 Å². The van der Waals surface area contributed by atoms with Gasteiger partial charge in [-0.05, 0) is 30.2 Å². The Bertz CT molecular complexity index is 1090. The third-order valence-electron chi connectivity index (χ3n) is 5.05. The lowest BCUT2D eigenvalue weighted by molar-refractivity contribution is -0.121. The van der Waals surface area contributed by atoms with Crippen molar-refractivity contribution in [3.63, 3.8) is 0 Å². The zero-order valence-corrected chi connectivity index (χ0v) is 18.6. The van der Waals surface area contributed by atoms with E-state index in [0.29, 0.717) is 22.7 Å². The van der Waals surface area contributed by atoms with Crippen molar-refractivity contribution in [3.05, 3.63) is 81.4 Å². The number of carbonyl (C=O) groups is 3. The van der Waals surface area contributed by atoms with Gasteiger partial charge in [0.2, 0.25) is 11.8 Å². The molecule has 0 aromatic heterocycles. The van der Waals surface area contributed by atoms with E-state index in [-0.39, 0.29) is 24.0 Å². The van der Waals surface area contributed by atoms with Crippen LogP contribution in [0.1, 0.15) is 39.4 Å². The molecule has 0 radical (unpaired) electrons. The number of benzene rings is 2. The molecule has 1 atom stereocenters. The first-order valence-electron chi connectivity index (χ1n) is 9.98. The number of carbonyl (C=O) groups excluding carboxylic acids is 3. The Morgan fingerprint density at radius 1 is 1.19 bits per heavy atom. The number of ether oxygens (including phenoxy) is 1. The molecule has 32 heavy (non-hydrogen) atoms. The number of allylic oxidation sites excluding steroid dienone is 1. The topological polar surface area (TPSA) is 108 Å². The summed E-state index contributed by atoms with van der Waals surface area (Å²) in [5.41, 5.74) is 3.66. The van der Waals surface area contributed by atoms with E-state index < -0.39 is 11.9 Å². The molecular weight excluding hydrogens is 426 g/mol. The molecule has 1 aliphatic heterocycles. The quantitative estimate of drug-likeness (QED) is 0.629. The number of hydrogen-bond donors (Lipinski definition) is 2. The standard InChI is InChI=1S/C24H23N3O4S/c1-15-3-5-16(6-4-15)13-26-22(29)14-32-23-20(12-25)19(11-21(28)27-23)17-7-9-18(10-8-17)24(30)31-2/h3-10,19H,11,13-14H2,1-2H3,(H,26,29)(H,27,28)/t19-/m1/s1. The number of nitrogens with one attached hydrogen (secondary N) is 2. The molecule has 8 heteroatoms. The van der Waals surface area contributed by atoms with Crippen molar-refractivity contribution in [1.29, 1.82) is 5.26 Å². The van der Waals surface area contributed by atoms with E-state index in [2.05, 4.69) is 16.7 Å². The van der Waals surface area contributed by atoms with Gasteiger partial charge in [0, 0.05) is 18.9 Å². The average Bonchev–Trinajstić information content (AvgIpc) is 2.81. The highest BCUT2D eigenvalue weighted by Crippen LogP contribution is 2.36. The minimum absolute atomic E-state index is 0.0701. The molecule has 164 valence electrons. The largest absolute Gasteiger partial charge is 0.465 e. The summed E-state index contributed by atoms with van der Waals surface area (Å²) in [6.45, 7) is 2.41. The molecule has 0 spiro atoms. The van der Waals surface area contributed by atoms with Crippen molar-refractivity contribution in [2.45, 2.75) is 25.8 Å². The van der Waals surface area contributed by atoms with E-state index >= 15 is 0 Å². The van der Waals surface area contributed by atoms with Crippen LogP contribution in [0.5, 0.6) is 0 Å². The molecule has 2 aromatic carbocycles. The molecule has 3 rings (SSSR count). The fourth-order valence-corrected chi connectivity index (χ4v) is 4.19. The van der Waals surface area contributed by atoms with Crippen LogP contribution >= 0.6 is 11.8 Å². The predicted molar refractivity (Wildman–Crippen MR) is 121 cm³/mol. The van der Waals surface area contributed by atoms with Crippen LogP contribution in [0, 0.1) is 18.3 Å². The summed E-state index contributed by atoms with van der Waals surface area (Å²) in [4.78, 5) is 36.2. The normalized spacial score (nSPS) is 15.5. The lowest BCUT2D eigenvalue weighted by Crippen LogP contribution is -2.32. The van der Waals surface area contributed by atoms with Gasteiger partial charge in [-0.15, -0.1) is 0 Å². The summed E-state index contributed by atoms with van der Waals surface area (Å²) >= 11 is 1.13. The van der Waals surface area contributed by atoms with E-state index in [1.54, 1.807) is 24.3 Å². The SMILES string of the molecule is COC(=O)c1ccc([C@H]2CC(=O)NC(SCC(=O)NCc3ccc(C)cc3)=C2C#N)cc1. The summed E-state index contributed by atoms with van der Waals surface area (Å²) in [6, 6.07) is 16.7. The molecule has 0 saturated carbocycles. The fraction of sp³-hybridized carbons (Fsp3) is 0.250. The Morgan fingerprint density at radius 2 is 1.88 bits per heavy atom. The Balaban J connectivity index is 1.68. The highest BCUT2D eigenvalue weighted by molar-refractivity contribution is 8.03. The second kappa shape index (κ2) is 10.6. The minimum Gasteiger partial charge on any atom is -0.465 e. The first kappa shape index (κ1) is 23.1. The Morgan fingerprint density at radius 3 is 2.50 bits per heavy atom. The first-order valence-corrected chi connectivity index (χ1v) is 11.0. The molecule has 1 aliphatic rings. The number of thioether (sulfide) groups is 1. The summed E-state index contributed by atoms with van der Waals surface area (Å²) < 4.78 is 4.70. The second-order valence-electron chi connectivity index (χ2n) is 7.32. The molecule has 0 unspecified atom stereocenters. The van der Waals surface area contributed by atoms with E-state index in [1.165, 1.54) is 7.11 Å². The number of amides is 2. The van der Waals surface area contributed by atoms with Gasteiger partial charge in [-0.2, -0.15) is 5.26 Å². The van der Waals surface area contributed by atoms with Gasteiger partial charge in [0.05, 0.1) is 35.1 Å². The van der Waals surface area contributed by atoms with Gasteiger partial charge >= 0.3 is 5.97 Å². The lowest BCUT2D eigenvalue weighted by Gasteiger charge is -2.25. The number of nitrogens with zero attached hydrogens (tertiary/aromatic N) is 1. The van der Waals surface area contributed by atoms with E-state index in [9.17, 15) is 19.6 Å². The third-order valence-corrected chi connectivity index (χ3v) is 6.07. The van der Waals surface area contributed by atoms with Gasteiger partial charge in [0.25, 0.3) is 0 Å². The highest BCUT2D eigenvalue weighted by Gasteiger charge is 2.30. The molecule has 0 bridgehead atoms. The van der Waals surface area contributed by atoms with Gasteiger partial charge < -0.3 is 15.4 Å². The molecule has 2 aromatic rings. The van der Waals surface area contributed by atoms with Crippen LogP contribution in [0.25, 0.3) is 0 Å². The molecule has 7 nitrogen and oxygen atoms in total.